The molecular formula is C26H32N2O5. The van der Waals surface area contributed by atoms with Gasteiger partial charge < -0.3 is 19.5 Å². The minimum Gasteiger partial charge on any atom is -0.494 e. The number of amides is 2. The Morgan fingerprint density at radius 2 is 1.61 bits per heavy atom. The fourth-order valence-corrected chi connectivity index (χ4v) is 3.58. The van der Waals surface area contributed by atoms with Crippen molar-refractivity contribution in [2.75, 3.05) is 31.7 Å². The molecule has 3 rings (SSSR count). The summed E-state index contributed by atoms with van der Waals surface area (Å²) >= 11 is 0. The van der Waals surface area contributed by atoms with Crippen LogP contribution in [0.1, 0.15) is 39.7 Å². The molecule has 7 heteroatoms. The largest absolute Gasteiger partial charge is 0.494 e. The molecular weight excluding hydrogens is 420 g/mol. The lowest BCUT2D eigenvalue weighted by Crippen LogP contribution is -2.34. The quantitative estimate of drug-likeness (QED) is 0.378. The zero-order valence-corrected chi connectivity index (χ0v) is 19.7. The summed E-state index contributed by atoms with van der Waals surface area (Å²) in [7, 11) is 0. The van der Waals surface area contributed by atoms with E-state index in [9.17, 15) is 9.59 Å². The first-order valence-corrected chi connectivity index (χ1v) is 11.4. The molecule has 0 aromatic heterocycles. The molecule has 0 spiro atoms. The van der Waals surface area contributed by atoms with Crippen LogP contribution in [0.25, 0.3) is 5.57 Å². The van der Waals surface area contributed by atoms with Crippen molar-refractivity contribution in [3.05, 3.63) is 59.8 Å². The fraction of sp³-hybridized carbons (Fsp3) is 0.385. The van der Waals surface area contributed by atoms with E-state index in [0.717, 1.165) is 0 Å². The van der Waals surface area contributed by atoms with Gasteiger partial charge in [-0.3, -0.25) is 14.5 Å². The van der Waals surface area contributed by atoms with Crippen LogP contribution in [-0.2, 0) is 14.3 Å². The zero-order chi connectivity index (χ0) is 23.8. The van der Waals surface area contributed by atoms with Gasteiger partial charge in [0.1, 0.15) is 17.2 Å². The molecule has 0 unspecified atom stereocenters. The van der Waals surface area contributed by atoms with Crippen LogP contribution in [0.5, 0.6) is 11.5 Å². The third-order valence-electron chi connectivity index (χ3n) is 5.05. The van der Waals surface area contributed by atoms with Gasteiger partial charge in [0.25, 0.3) is 11.8 Å². The zero-order valence-electron chi connectivity index (χ0n) is 19.7. The smallest absolute Gasteiger partial charge is 0.278 e. The molecule has 0 radical (unpaired) electrons. The third-order valence-corrected chi connectivity index (χ3v) is 5.05. The number of hydrogen-bond donors (Lipinski definition) is 1. The Morgan fingerprint density at radius 3 is 2.27 bits per heavy atom. The van der Waals surface area contributed by atoms with E-state index in [-0.39, 0.29) is 30.2 Å². The van der Waals surface area contributed by atoms with Crippen LogP contribution in [0.2, 0.25) is 0 Å². The van der Waals surface area contributed by atoms with Gasteiger partial charge >= 0.3 is 0 Å². The Bertz CT molecular complexity index is 998. The van der Waals surface area contributed by atoms with Gasteiger partial charge in [0.15, 0.2) is 0 Å². The summed E-state index contributed by atoms with van der Waals surface area (Å²) in [5.41, 5.74) is 1.85. The average molecular weight is 453 g/mol. The van der Waals surface area contributed by atoms with Crippen molar-refractivity contribution >= 4 is 23.1 Å². The monoisotopic (exact) mass is 452 g/mol. The van der Waals surface area contributed by atoms with Crippen LogP contribution in [0, 0.1) is 0 Å². The highest BCUT2D eigenvalue weighted by molar-refractivity contribution is 6.36. The Balaban J connectivity index is 1.93. The molecule has 0 atom stereocenters. The maximum absolute atomic E-state index is 13.4. The minimum absolute atomic E-state index is 0.0971. The van der Waals surface area contributed by atoms with E-state index >= 15 is 0 Å². The summed E-state index contributed by atoms with van der Waals surface area (Å²) in [6.45, 7) is 9.50. The van der Waals surface area contributed by atoms with Gasteiger partial charge in [-0.05, 0) is 63.9 Å². The standard InChI is InChI=1S/C26H32N2O5/c1-5-31-20-14-12-19(13-15-20)23-24(27-21-10-7-8-11-22(21)32-6-2)26(30)28(25(23)29)16-9-17-33-18(3)4/h7-8,10-15,18,27H,5-6,9,16-17H2,1-4H3. The predicted molar refractivity (Wildman–Crippen MR) is 128 cm³/mol. The number of para-hydroxylation sites is 2. The van der Waals surface area contributed by atoms with Crippen molar-refractivity contribution in [2.45, 2.75) is 40.2 Å². The summed E-state index contributed by atoms with van der Waals surface area (Å²) in [6, 6.07) is 14.6. The average Bonchev–Trinajstić information content (AvgIpc) is 3.03. The molecule has 2 amide bonds. The number of carbonyl (C=O) groups excluding carboxylic acids is 2. The molecule has 7 nitrogen and oxygen atoms in total. The van der Waals surface area contributed by atoms with Crippen LogP contribution >= 0.6 is 0 Å². The third kappa shape index (κ3) is 5.93. The molecule has 0 bridgehead atoms. The molecule has 0 saturated carbocycles. The summed E-state index contributed by atoms with van der Waals surface area (Å²) in [5, 5.41) is 3.18. The van der Waals surface area contributed by atoms with Crippen LogP contribution in [0.15, 0.2) is 54.2 Å². The van der Waals surface area contributed by atoms with Crippen LogP contribution < -0.4 is 14.8 Å². The number of imide groups is 1. The van der Waals surface area contributed by atoms with Crippen LogP contribution in [0.4, 0.5) is 5.69 Å². The number of nitrogens with one attached hydrogen (secondary N) is 1. The van der Waals surface area contributed by atoms with Crippen LogP contribution in [0.3, 0.4) is 0 Å². The van der Waals surface area contributed by atoms with E-state index in [1.807, 2.05) is 52.0 Å². The maximum atomic E-state index is 13.4. The van der Waals surface area contributed by atoms with Gasteiger partial charge in [0, 0.05) is 13.2 Å². The molecule has 33 heavy (non-hydrogen) atoms. The van der Waals surface area contributed by atoms with Gasteiger partial charge in [-0.15, -0.1) is 0 Å². The van der Waals surface area contributed by atoms with Crippen molar-refractivity contribution in [1.29, 1.82) is 0 Å². The number of hydrogen-bond acceptors (Lipinski definition) is 6. The van der Waals surface area contributed by atoms with E-state index in [0.29, 0.717) is 54.6 Å². The SMILES string of the molecule is CCOc1ccc(C2=C(Nc3ccccc3OCC)C(=O)N(CCCOC(C)C)C2=O)cc1. The van der Waals surface area contributed by atoms with Crippen molar-refractivity contribution in [3.63, 3.8) is 0 Å². The number of carbonyl (C=O) groups is 2. The molecule has 0 aliphatic carbocycles. The maximum Gasteiger partial charge on any atom is 0.278 e. The molecule has 0 saturated heterocycles. The molecule has 1 heterocycles. The van der Waals surface area contributed by atoms with Gasteiger partial charge in [-0.2, -0.15) is 0 Å². The number of rotatable bonds is 12. The molecule has 2 aromatic rings. The summed E-state index contributed by atoms with van der Waals surface area (Å²) in [4.78, 5) is 28.0. The van der Waals surface area contributed by atoms with E-state index in [1.165, 1.54) is 4.90 Å². The molecule has 1 aliphatic rings. The van der Waals surface area contributed by atoms with E-state index in [1.54, 1.807) is 24.3 Å². The first kappa shape index (κ1) is 24.3. The predicted octanol–water partition coefficient (Wildman–Crippen LogP) is 4.49. The topological polar surface area (TPSA) is 77.1 Å². The van der Waals surface area contributed by atoms with E-state index in [2.05, 4.69) is 5.32 Å². The van der Waals surface area contributed by atoms with Crippen molar-refractivity contribution in [1.82, 2.24) is 4.90 Å². The number of ether oxygens (including phenoxy) is 3. The number of anilines is 1. The minimum atomic E-state index is -0.361. The second-order valence-corrected chi connectivity index (χ2v) is 7.80. The van der Waals surface area contributed by atoms with Crippen molar-refractivity contribution < 1.29 is 23.8 Å². The van der Waals surface area contributed by atoms with Crippen LogP contribution in [-0.4, -0.2) is 49.2 Å². The highest BCUT2D eigenvalue weighted by atomic mass is 16.5. The molecule has 2 aromatic carbocycles. The summed E-state index contributed by atoms with van der Waals surface area (Å²) in [6.07, 6.45) is 0.662. The lowest BCUT2D eigenvalue weighted by atomic mass is 10.0. The van der Waals surface area contributed by atoms with Gasteiger partial charge in [-0.25, -0.2) is 0 Å². The van der Waals surface area contributed by atoms with Gasteiger partial charge in [0.2, 0.25) is 0 Å². The Kier molecular flexibility index (Phi) is 8.49. The van der Waals surface area contributed by atoms with Crippen molar-refractivity contribution in [2.24, 2.45) is 0 Å². The lowest BCUT2D eigenvalue weighted by Gasteiger charge is -2.16. The van der Waals surface area contributed by atoms with Crippen molar-refractivity contribution in [3.8, 4) is 11.5 Å². The Morgan fingerprint density at radius 1 is 0.909 bits per heavy atom. The number of nitrogens with zero attached hydrogens (tertiary/aromatic N) is 1. The Labute approximate surface area is 195 Å². The lowest BCUT2D eigenvalue weighted by molar-refractivity contribution is -0.137. The van der Waals surface area contributed by atoms with E-state index < -0.39 is 0 Å². The highest BCUT2D eigenvalue weighted by Crippen LogP contribution is 2.34. The second-order valence-electron chi connectivity index (χ2n) is 7.80. The normalized spacial score (nSPS) is 13.8. The van der Waals surface area contributed by atoms with E-state index in [4.69, 9.17) is 14.2 Å². The Hall–Kier alpha value is -3.32. The second kappa shape index (κ2) is 11.5. The molecule has 0 fully saturated rings. The first-order chi connectivity index (χ1) is 16.0. The molecule has 1 aliphatic heterocycles. The van der Waals surface area contributed by atoms with Gasteiger partial charge in [0.05, 0.1) is 30.6 Å². The summed E-state index contributed by atoms with van der Waals surface area (Å²) in [5.74, 6) is 0.630. The molecule has 176 valence electrons. The fourth-order valence-electron chi connectivity index (χ4n) is 3.58. The summed E-state index contributed by atoms with van der Waals surface area (Å²) < 4.78 is 16.8. The molecule has 1 N–H and O–H groups in total. The number of benzene rings is 2. The van der Waals surface area contributed by atoms with Gasteiger partial charge in [-0.1, -0.05) is 24.3 Å². The first-order valence-electron chi connectivity index (χ1n) is 11.4. The highest BCUT2D eigenvalue weighted by Gasteiger charge is 2.39.